The number of methoxy groups -OCH3 is 1. The van der Waals surface area contributed by atoms with E-state index in [1.54, 1.807) is 7.11 Å². The van der Waals surface area contributed by atoms with Gasteiger partial charge in [0, 0.05) is 23.8 Å². The van der Waals surface area contributed by atoms with E-state index in [4.69, 9.17) is 4.74 Å². The second-order valence-electron chi connectivity index (χ2n) is 11.6. The number of hydrogen-bond acceptors (Lipinski definition) is 3. The molecule has 1 aromatic rings. The van der Waals surface area contributed by atoms with Crippen LogP contribution in [0.3, 0.4) is 0 Å². The Bertz CT molecular complexity index is 999. The molecular formula is C28H38N2O3. The molecule has 2 amide bonds. The molecule has 3 aliphatic carbocycles. The zero-order valence-electron chi connectivity index (χ0n) is 20.7. The largest absolute Gasteiger partial charge is 0.497 e. The number of amides is 2. The van der Waals surface area contributed by atoms with E-state index in [1.165, 1.54) is 43.4 Å². The summed E-state index contributed by atoms with van der Waals surface area (Å²) < 4.78 is 5.21. The van der Waals surface area contributed by atoms with Crippen molar-refractivity contribution in [1.29, 1.82) is 0 Å². The molecule has 1 heterocycles. The van der Waals surface area contributed by atoms with Gasteiger partial charge in [-0.05, 0) is 92.9 Å². The number of anilines is 1. The fourth-order valence-corrected chi connectivity index (χ4v) is 8.35. The molecule has 4 aliphatic rings. The van der Waals surface area contributed by atoms with Crippen molar-refractivity contribution < 1.29 is 14.3 Å². The number of carbonyl (C=O) groups is 2. The zero-order chi connectivity index (χ0) is 23.5. The van der Waals surface area contributed by atoms with Crippen molar-refractivity contribution in [3.05, 3.63) is 35.5 Å². The molecule has 6 atom stereocenters. The second-order valence-corrected chi connectivity index (χ2v) is 11.6. The van der Waals surface area contributed by atoms with E-state index in [0.29, 0.717) is 29.4 Å². The molecule has 0 bridgehead atoms. The Kier molecular flexibility index (Phi) is 5.37. The molecular weight excluding hydrogens is 412 g/mol. The fourth-order valence-electron chi connectivity index (χ4n) is 8.35. The maximum absolute atomic E-state index is 13.4. The molecule has 0 spiro atoms. The molecule has 5 nitrogen and oxygen atoms in total. The molecule has 0 aromatic heterocycles. The number of likely N-dealkylation sites (tertiary alicyclic amines) is 1. The number of rotatable bonds is 3. The second kappa shape index (κ2) is 7.89. The van der Waals surface area contributed by atoms with Crippen molar-refractivity contribution in [2.24, 2.45) is 34.5 Å². The third-order valence-electron chi connectivity index (χ3n) is 9.79. The van der Waals surface area contributed by atoms with E-state index in [9.17, 15) is 9.59 Å². The number of piperidine rings is 1. The summed E-state index contributed by atoms with van der Waals surface area (Å²) in [6.07, 6.45) is 8.25. The van der Waals surface area contributed by atoms with Crippen molar-refractivity contribution in [2.45, 2.75) is 65.7 Å². The Balaban J connectivity index is 1.44. The van der Waals surface area contributed by atoms with Crippen LogP contribution >= 0.6 is 0 Å². The van der Waals surface area contributed by atoms with Gasteiger partial charge in [-0.1, -0.05) is 25.8 Å². The van der Waals surface area contributed by atoms with Gasteiger partial charge in [-0.15, -0.1) is 0 Å². The summed E-state index contributed by atoms with van der Waals surface area (Å²) in [4.78, 5) is 28.6. The maximum atomic E-state index is 13.4. The summed E-state index contributed by atoms with van der Waals surface area (Å²) in [7, 11) is 3.50. The molecule has 178 valence electrons. The predicted molar refractivity (Wildman–Crippen MR) is 130 cm³/mol. The van der Waals surface area contributed by atoms with Crippen LogP contribution < -0.4 is 10.1 Å². The SMILES string of the molecule is COc1ccc(NC(=O)C2C[C@@]3(C)C(=C(C)C[C@@H]4[C@H]3CC[C@]3(C)CCC[C@@H]43)N(C)C2=O)cc1. The van der Waals surface area contributed by atoms with Gasteiger partial charge >= 0.3 is 0 Å². The third kappa shape index (κ3) is 3.41. The van der Waals surface area contributed by atoms with Crippen LogP contribution in [0.15, 0.2) is 35.5 Å². The van der Waals surface area contributed by atoms with Crippen LogP contribution in [0.4, 0.5) is 5.69 Å². The topological polar surface area (TPSA) is 58.6 Å². The highest BCUT2D eigenvalue weighted by molar-refractivity contribution is 6.07. The minimum atomic E-state index is -0.658. The van der Waals surface area contributed by atoms with E-state index in [2.05, 4.69) is 26.1 Å². The van der Waals surface area contributed by atoms with Gasteiger partial charge in [-0.2, -0.15) is 0 Å². The van der Waals surface area contributed by atoms with Crippen LogP contribution in [-0.4, -0.2) is 30.9 Å². The normalized spacial score (nSPS) is 37.8. The smallest absolute Gasteiger partial charge is 0.239 e. The van der Waals surface area contributed by atoms with Crippen LogP contribution in [0.25, 0.3) is 0 Å². The number of carbonyl (C=O) groups excluding carboxylic acids is 2. The molecule has 33 heavy (non-hydrogen) atoms. The summed E-state index contributed by atoms with van der Waals surface area (Å²) in [5.41, 5.74) is 3.60. The molecule has 1 aromatic carbocycles. The van der Waals surface area contributed by atoms with Crippen LogP contribution in [0, 0.1) is 34.5 Å². The lowest BCUT2D eigenvalue weighted by molar-refractivity contribution is -0.147. The molecule has 3 fully saturated rings. The molecule has 5 heteroatoms. The van der Waals surface area contributed by atoms with Gasteiger partial charge in [0.05, 0.1) is 7.11 Å². The van der Waals surface area contributed by atoms with Gasteiger partial charge in [-0.25, -0.2) is 0 Å². The van der Waals surface area contributed by atoms with Gasteiger partial charge < -0.3 is 15.0 Å². The van der Waals surface area contributed by atoms with Crippen LogP contribution in [0.1, 0.15) is 65.7 Å². The van der Waals surface area contributed by atoms with E-state index >= 15 is 0 Å². The first-order chi connectivity index (χ1) is 15.7. The molecule has 1 unspecified atom stereocenters. The van der Waals surface area contributed by atoms with Gasteiger partial charge in [0.2, 0.25) is 11.8 Å². The average Bonchev–Trinajstić information content (AvgIpc) is 3.19. The average molecular weight is 451 g/mol. The van der Waals surface area contributed by atoms with Crippen molar-refractivity contribution in [3.8, 4) is 5.75 Å². The molecule has 1 aliphatic heterocycles. The Morgan fingerprint density at radius 3 is 2.55 bits per heavy atom. The number of benzene rings is 1. The zero-order valence-corrected chi connectivity index (χ0v) is 20.7. The van der Waals surface area contributed by atoms with Crippen molar-refractivity contribution in [1.82, 2.24) is 4.90 Å². The Morgan fingerprint density at radius 1 is 1.12 bits per heavy atom. The quantitative estimate of drug-likeness (QED) is 0.607. The monoisotopic (exact) mass is 450 g/mol. The Labute approximate surface area is 197 Å². The maximum Gasteiger partial charge on any atom is 0.239 e. The van der Waals surface area contributed by atoms with Gasteiger partial charge in [-0.3, -0.25) is 9.59 Å². The highest BCUT2D eigenvalue weighted by Gasteiger charge is 2.60. The van der Waals surface area contributed by atoms with Crippen molar-refractivity contribution >= 4 is 17.5 Å². The fraction of sp³-hybridized carbons (Fsp3) is 0.643. The first kappa shape index (κ1) is 22.5. The van der Waals surface area contributed by atoms with Gasteiger partial charge in [0.1, 0.15) is 11.7 Å². The first-order valence-electron chi connectivity index (χ1n) is 12.6. The first-order valence-corrected chi connectivity index (χ1v) is 12.6. The molecule has 0 radical (unpaired) electrons. The molecule has 1 N–H and O–H groups in total. The Hall–Kier alpha value is -2.30. The Morgan fingerprint density at radius 2 is 1.85 bits per heavy atom. The molecule has 1 saturated heterocycles. The number of hydrogen-bond donors (Lipinski definition) is 1. The number of fused-ring (bicyclic) bond motifs is 5. The molecule has 2 saturated carbocycles. The molecule has 5 rings (SSSR count). The van der Waals surface area contributed by atoms with Gasteiger partial charge in [0.15, 0.2) is 0 Å². The highest BCUT2D eigenvalue weighted by Crippen LogP contribution is 2.65. The summed E-state index contributed by atoms with van der Waals surface area (Å²) in [5, 5.41) is 2.99. The van der Waals surface area contributed by atoms with Crippen LogP contribution in [0.2, 0.25) is 0 Å². The van der Waals surface area contributed by atoms with Crippen LogP contribution in [-0.2, 0) is 9.59 Å². The number of allylic oxidation sites excluding steroid dienone is 2. The van der Waals surface area contributed by atoms with Crippen molar-refractivity contribution in [2.75, 3.05) is 19.5 Å². The minimum Gasteiger partial charge on any atom is -0.497 e. The number of nitrogens with zero attached hydrogens (tertiary/aromatic N) is 1. The third-order valence-corrected chi connectivity index (χ3v) is 9.79. The van der Waals surface area contributed by atoms with E-state index in [0.717, 1.165) is 18.1 Å². The lowest BCUT2D eigenvalue weighted by atomic mass is 9.48. The minimum absolute atomic E-state index is 0.0761. The summed E-state index contributed by atoms with van der Waals surface area (Å²) >= 11 is 0. The number of nitrogens with one attached hydrogen (secondary N) is 1. The summed E-state index contributed by atoms with van der Waals surface area (Å²) in [6, 6.07) is 7.29. The standard InChI is InChI=1S/C28H38N2O3/c1-17-15-20-22-7-6-13-27(22,2)14-12-23(20)28(3)16-21(26(32)30(4)24(17)28)25(31)29-18-8-10-19(33-5)11-9-18/h8-11,20-23H,6-7,12-16H2,1-5H3,(H,29,31)/t20-,21?,22-,23+,27-,28+/m0/s1. The van der Waals surface area contributed by atoms with Crippen molar-refractivity contribution in [3.63, 3.8) is 0 Å². The van der Waals surface area contributed by atoms with Gasteiger partial charge in [0.25, 0.3) is 0 Å². The highest BCUT2D eigenvalue weighted by atomic mass is 16.5. The lowest BCUT2D eigenvalue weighted by Crippen LogP contribution is -2.57. The predicted octanol–water partition coefficient (Wildman–Crippen LogP) is 5.63. The summed E-state index contributed by atoms with van der Waals surface area (Å²) in [5.74, 6) is 1.80. The number of ether oxygens (including phenoxy) is 1. The van der Waals surface area contributed by atoms with E-state index in [-0.39, 0.29) is 17.2 Å². The summed E-state index contributed by atoms with van der Waals surface area (Å²) in [6.45, 7) is 7.09. The van der Waals surface area contributed by atoms with Crippen LogP contribution in [0.5, 0.6) is 5.75 Å². The van der Waals surface area contributed by atoms with E-state index in [1.807, 2.05) is 36.2 Å². The van der Waals surface area contributed by atoms with E-state index < -0.39 is 5.92 Å². The lowest BCUT2D eigenvalue weighted by Gasteiger charge is -2.59.